The van der Waals surface area contributed by atoms with Gasteiger partial charge in [0.25, 0.3) is 0 Å². The van der Waals surface area contributed by atoms with Crippen LogP contribution in [0.15, 0.2) is 35.7 Å². The lowest BCUT2D eigenvalue weighted by molar-refractivity contribution is -0.121. The van der Waals surface area contributed by atoms with Crippen molar-refractivity contribution in [1.82, 2.24) is 5.32 Å². The number of fused-ring (bicyclic) bond motifs is 1. The highest BCUT2D eigenvalue weighted by Gasteiger charge is 2.22. The molecule has 0 radical (unpaired) electrons. The van der Waals surface area contributed by atoms with Crippen LogP contribution in [0.5, 0.6) is 0 Å². The zero-order chi connectivity index (χ0) is 14.7. The highest BCUT2D eigenvalue weighted by molar-refractivity contribution is 7.10. The summed E-state index contributed by atoms with van der Waals surface area (Å²) < 4.78 is 0. The summed E-state index contributed by atoms with van der Waals surface area (Å²) in [6.07, 6.45) is 3.74. The molecule has 0 fully saturated rings. The second-order valence-corrected chi connectivity index (χ2v) is 6.46. The summed E-state index contributed by atoms with van der Waals surface area (Å²) in [5, 5.41) is 5.31. The van der Waals surface area contributed by atoms with Gasteiger partial charge in [0.05, 0.1) is 12.5 Å². The number of nitrogens with one attached hydrogen (secondary N) is 1. The smallest absolute Gasteiger partial charge is 0.224 e. The van der Waals surface area contributed by atoms with E-state index in [0.717, 1.165) is 30.4 Å². The van der Waals surface area contributed by atoms with Gasteiger partial charge in [0.1, 0.15) is 0 Å². The third kappa shape index (κ3) is 3.17. The molecular weight excluding hydrogens is 280 g/mol. The first-order valence-corrected chi connectivity index (χ1v) is 8.28. The van der Waals surface area contributed by atoms with Gasteiger partial charge in [0.15, 0.2) is 0 Å². The fourth-order valence-electron chi connectivity index (χ4n) is 2.98. The van der Waals surface area contributed by atoms with Crippen LogP contribution in [-0.2, 0) is 24.2 Å². The fraction of sp³-hybridized carbons (Fsp3) is 0.353. The number of thiophene rings is 1. The molecule has 1 aliphatic rings. The van der Waals surface area contributed by atoms with Gasteiger partial charge in [-0.05, 0) is 47.4 Å². The van der Waals surface area contributed by atoms with E-state index in [-0.39, 0.29) is 11.9 Å². The minimum Gasteiger partial charge on any atom is -0.349 e. The van der Waals surface area contributed by atoms with Crippen molar-refractivity contribution in [1.29, 1.82) is 0 Å². The van der Waals surface area contributed by atoms with E-state index in [9.17, 15) is 4.79 Å². The Morgan fingerprint density at radius 2 is 2.10 bits per heavy atom. The molecule has 1 aliphatic carbocycles. The monoisotopic (exact) mass is 300 g/mol. The van der Waals surface area contributed by atoms with Gasteiger partial charge >= 0.3 is 0 Å². The summed E-state index contributed by atoms with van der Waals surface area (Å²) in [4.78, 5) is 13.8. The van der Waals surface area contributed by atoms with Crippen molar-refractivity contribution in [2.45, 2.75) is 38.3 Å². The summed E-state index contributed by atoms with van der Waals surface area (Å²) >= 11 is 1.80. The molecule has 0 bridgehead atoms. The normalized spacial score (nSPS) is 17.3. The Kier molecular flexibility index (Phi) is 4.36. The average molecular weight is 300 g/mol. The minimum absolute atomic E-state index is 0.0833. The average Bonchev–Trinajstić information content (AvgIpc) is 2.97. The lowest BCUT2D eigenvalue weighted by atomic mass is 9.93. The maximum Gasteiger partial charge on any atom is 0.224 e. The molecule has 1 amide bonds. The van der Waals surface area contributed by atoms with Crippen LogP contribution in [0.2, 0.25) is 0 Å². The molecule has 0 saturated carbocycles. The summed E-state index contributed by atoms with van der Waals surface area (Å²) in [6.45, 7) is 0.474. The van der Waals surface area contributed by atoms with E-state index in [4.69, 9.17) is 5.73 Å². The standard InChI is InChI=1S/C17H20N2OS/c18-11-13-5-2-1-4-12(13)10-17(20)19-15-6-3-7-16-14(15)8-9-21-16/h1-2,4-5,8-9,15H,3,6-7,10-11,18H2,(H,19,20). The van der Waals surface area contributed by atoms with Crippen LogP contribution in [0.1, 0.15) is 40.5 Å². The van der Waals surface area contributed by atoms with Crippen molar-refractivity contribution in [2.24, 2.45) is 5.73 Å². The Morgan fingerprint density at radius 3 is 2.90 bits per heavy atom. The lowest BCUT2D eigenvalue weighted by Gasteiger charge is -2.24. The Balaban J connectivity index is 1.68. The van der Waals surface area contributed by atoms with Gasteiger partial charge in [-0.1, -0.05) is 24.3 Å². The molecule has 0 spiro atoms. The summed E-state index contributed by atoms with van der Waals surface area (Å²) in [5.74, 6) is 0.0833. The van der Waals surface area contributed by atoms with Crippen molar-refractivity contribution in [3.63, 3.8) is 0 Å². The quantitative estimate of drug-likeness (QED) is 0.912. The second kappa shape index (κ2) is 6.41. The molecular formula is C17H20N2OS. The Bertz CT molecular complexity index is 635. The number of hydrogen-bond donors (Lipinski definition) is 2. The Morgan fingerprint density at radius 1 is 1.29 bits per heavy atom. The number of rotatable bonds is 4. The predicted molar refractivity (Wildman–Crippen MR) is 86.2 cm³/mol. The van der Waals surface area contributed by atoms with Crippen molar-refractivity contribution in [3.8, 4) is 0 Å². The molecule has 0 aliphatic heterocycles. The number of hydrogen-bond acceptors (Lipinski definition) is 3. The van der Waals surface area contributed by atoms with Crippen LogP contribution >= 0.6 is 11.3 Å². The highest BCUT2D eigenvalue weighted by Crippen LogP contribution is 2.33. The zero-order valence-electron chi connectivity index (χ0n) is 12.0. The molecule has 2 aromatic rings. The van der Waals surface area contributed by atoms with Gasteiger partial charge in [-0.3, -0.25) is 4.79 Å². The SMILES string of the molecule is NCc1ccccc1CC(=O)NC1CCCc2sccc21. The molecule has 1 unspecified atom stereocenters. The van der Waals surface area contributed by atoms with E-state index >= 15 is 0 Å². The molecule has 3 N–H and O–H groups in total. The molecule has 1 atom stereocenters. The molecule has 1 heterocycles. The fourth-order valence-corrected chi connectivity index (χ4v) is 3.97. The molecule has 1 aromatic carbocycles. The predicted octanol–water partition coefficient (Wildman–Crippen LogP) is 2.94. The van der Waals surface area contributed by atoms with Gasteiger partial charge < -0.3 is 11.1 Å². The van der Waals surface area contributed by atoms with E-state index < -0.39 is 0 Å². The zero-order valence-corrected chi connectivity index (χ0v) is 12.8. The summed E-state index contributed by atoms with van der Waals surface area (Å²) in [6, 6.07) is 10.2. The van der Waals surface area contributed by atoms with E-state index in [1.165, 1.54) is 10.4 Å². The minimum atomic E-state index is 0.0833. The summed E-state index contributed by atoms with van der Waals surface area (Å²) in [7, 11) is 0. The topological polar surface area (TPSA) is 55.1 Å². The third-order valence-corrected chi connectivity index (χ3v) is 5.07. The van der Waals surface area contributed by atoms with Gasteiger partial charge in [0, 0.05) is 11.4 Å². The largest absolute Gasteiger partial charge is 0.349 e. The number of amides is 1. The van der Waals surface area contributed by atoms with Crippen LogP contribution in [0, 0.1) is 0 Å². The van der Waals surface area contributed by atoms with Gasteiger partial charge in [-0.2, -0.15) is 0 Å². The Hall–Kier alpha value is -1.65. The molecule has 110 valence electrons. The van der Waals surface area contributed by atoms with Crippen molar-refractivity contribution in [2.75, 3.05) is 0 Å². The number of benzene rings is 1. The summed E-state index contributed by atoms with van der Waals surface area (Å²) in [5.41, 5.74) is 9.12. The van der Waals surface area contributed by atoms with Gasteiger partial charge in [-0.15, -0.1) is 11.3 Å². The molecule has 4 heteroatoms. The number of carbonyl (C=O) groups is 1. The molecule has 3 nitrogen and oxygen atoms in total. The van der Waals surface area contributed by atoms with E-state index in [0.29, 0.717) is 13.0 Å². The number of nitrogens with two attached hydrogens (primary N) is 1. The number of carbonyl (C=O) groups excluding carboxylic acids is 1. The first-order chi connectivity index (χ1) is 10.3. The molecule has 0 saturated heterocycles. The van der Waals surface area contributed by atoms with Crippen LogP contribution in [0.4, 0.5) is 0 Å². The maximum atomic E-state index is 12.3. The van der Waals surface area contributed by atoms with Crippen LogP contribution in [0.3, 0.4) is 0 Å². The lowest BCUT2D eigenvalue weighted by Crippen LogP contribution is -2.31. The highest BCUT2D eigenvalue weighted by atomic mass is 32.1. The van der Waals surface area contributed by atoms with E-state index in [1.807, 2.05) is 24.3 Å². The molecule has 21 heavy (non-hydrogen) atoms. The van der Waals surface area contributed by atoms with Crippen molar-refractivity contribution >= 4 is 17.2 Å². The maximum absolute atomic E-state index is 12.3. The van der Waals surface area contributed by atoms with Crippen molar-refractivity contribution < 1.29 is 4.79 Å². The van der Waals surface area contributed by atoms with Crippen LogP contribution < -0.4 is 11.1 Å². The molecule has 3 rings (SSSR count). The molecule has 1 aromatic heterocycles. The first-order valence-electron chi connectivity index (χ1n) is 7.40. The number of aryl methyl sites for hydroxylation is 1. The third-order valence-electron chi connectivity index (χ3n) is 4.08. The van der Waals surface area contributed by atoms with Gasteiger partial charge in [-0.25, -0.2) is 0 Å². The van der Waals surface area contributed by atoms with Crippen molar-refractivity contribution in [3.05, 3.63) is 57.3 Å². The first kappa shape index (κ1) is 14.3. The van der Waals surface area contributed by atoms with E-state index in [2.05, 4.69) is 16.8 Å². The Labute approximate surface area is 129 Å². The van der Waals surface area contributed by atoms with Crippen LogP contribution in [0.25, 0.3) is 0 Å². The van der Waals surface area contributed by atoms with Gasteiger partial charge in [0.2, 0.25) is 5.91 Å². The van der Waals surface area contributed by atoms with E-state index in [1.54, 1.807) is 11.3 Å². The second-order valence-electron chi connectivity index (χ2n) is 5.46. The van der Waals surface area contributed by atoms with Crippen LogP contribution in [-0.4, -0.2) is 5.91 Å².